The zero-order chi connectivity index (χ0) is 10.9. The first-order chi connectivity index (χ1) is 6.54. The molecule has 0 aliphatic carbocycles. The van der Waals surface area contributed by atoms with Gasteiger partial charge in [-0.15, -0.1) is 0 Å². The van der Waals surface area contributed by atoms with Gasteiger partial charge >= 0.3 is 5.88 Å². The molecule has 0 aromatic carbocycles. The van der Waals surface area contributed by atoms with E-state index in [1.54, 1.807) is 26.1 Å². The molecule has 0 fully saturated rings. The van der Waals surface area contributed by atoms with Crippen molar-refractivity contribution in [3.8, 4) is 11.6 Å². The Morgan fingerprint density at radius 3 is 2.21 bits per heavy atom. The number of nitrogens with zero attached hydrogens (tertiary/aromatic N) is 1. The van der Waals surface area contributed by atoms with E-state index in [0.29, 0.717) is 5.56 Å². The standard InChI is InChI=1S/C11H13NO2/c1-5-8-7(3)10(13)11(14)12(4)9(8)6-2/h5-6,13H,1-2H2,3-4H3/p+1. The lowest BCUT2D eigenvalue weighted by Crippen LogP contribution is -2.33. The molecule has 0 spiro atoms. The van der Waals surface area contributed by atoms with Gasteiger partial charge in [-0.25, -0.2) is 0 Å². The Labute approximate surface area is 83.3 Å². The third-order valence-electron chi connectivity index (χ3n) is 2.32. The van der Waals surface area contributed by atoms with Gasteiger partial charge in [0.15, 0.2) is 0 Å². The van der Waals surface area contributed by atoms with Gasteiger partial charge in [0.1, 0.15) is 7.05 Å². The predicted octanol–water partition coefficient (Wildman–Crippen LogP) is 1.52. The maximum atomic E-state index is 9.57. The monoisotopic (exact) mass is 192 g/mol. The fourth-order valence-corrected chi connectivity index (χ4v) is 1.45. The molecule has 74 valence electrons. The van der Waals surface area contributed by atoms with E-state index in [4.69, 9.17) is 0 Å². The molecule has 3 heteroatoms. The normalized spacial score (nSPS) is 9.86. The molecule has 1 rings (SSSR count). The van der Waals surface area contributed by atoms with E-state index >= 15 is 0 Å². The first-order valence-corrected chi connectivity index (χ1v) is 4.24. The molecule has 0 radical (unpaired) electrons. The lowest BCUT2D eigenvalue weighted by atomic mass is 10.1. The van der Waals surface area contributed by atoms with Crippen molar-refractivity contribution >= 4 is 12.2 Å². The molecule has 1 heterocycles. The largest absolute Gasteiger partial charge is 0.500 e. The summed E-state index contributed by atoms with van der Waals surface area (Å²) >= 11 is 0. The van der Waals surface area contributed by atoms with Crippen LogP contribution in [-0.2, 0) is 7.05 Å². The Kier molecular flexibility index (Phi) is 2.60. The fraction of sp³-hybridized carbons (Fsp3) is 0.182. The van der Waals surface area contributed by atoms with E-state index in [1.807, 2.05) is 0 Å². The zero-order valence-electron chi connectivity index (χ0n) is 8.41. The minimum absolute atomic E-state index is 0.118. The maximum absolute atomic E-state index is 9.57. The minimum atomic E-state index is -0.164. The van der Waals surface area contributed by atoms with E-state index in [9.17, 15) is 10.2 Å². The lowest BCUT2D eigenvalue weighted by molar-refractivity contribution is -0.680. The van der Waals surface area contributed by atoms with Crippen LogP contribution in [0.4, 0.5) is 0 Å². The smallest absolute Gasteiger partial charge is 0.409 e. The molecule has 0 bridgehead atoms. The molecule has 1 aromatic rings. The summed E-state index contributed by atoms with van der Waals surface area (Å²) in [7, 11) is 1.65. The molecule has 14 heavy (non-hydrogen) atoms. The summed E-state index contributed by atoms with van der Waals surface area (Å²) in [6.07, 6.45) is 3.24. The number of aromatic hydroxyl groups is 2. The highest BCUT2D eigenvalue weighted by atomic mass is 16.3. The van der Waals surface area contributed by atoms with E-state index in [-0.39, 0.29) is 11.6 Å². The Bertz CT molecular complexity index is 369. The van der Waals surface area contributed by atoms with Crippen LogP contribution in [0, 0.1) is 6.92 Å². The second-order valence-corrected chi connectivity index (χ2v) is 3.06. The summed E-state index contributed by atoms with van der Waals surface area (Å²) in [5.41, 5.74) is 2.11. The van der Waals surface area contributed by atoms with Gasteiger partial charge in [0.05, 0.1) is 5.56 Å². The van der Waals surface area contributed by atoms with Gasteiger partial charge in [0, 0.05) is 11.6 Å². The number of rotatable bonds is 2. The second kappa shape index (κ2) is 3.54. The molecule has 0 saturated carbocycles. The van der Waals surface area contributed by atoms with Crippen molar-refractivity contribution in [3.63, 3.8) is 0 Å². The molecule has 0 aliphatic rings. The van der Waals surface area contributed by atoms with Crippen molar-refractivity contribution in [2.24, 2.45) is 7.05 Å². The average Bonchev–Trinajstić information content (AvgIpc) is 2.20. The highest BCUT2D eigenvalue weighted by Gasteiger charge is 2.22. The van der Waals surface area contributed by atoms with Gasteiger partial charge in [-0.2, -0.15) is 4.57 Å². The molecule has 0 aliphatic heterocycles. The number of aromatic nitrogens is 1. The van der Waals surface area contributed by atoms with Crippen molar-refractivity contribution in [2.75, 3.05) is 0 Å². The Morgan fingerprint density at radius 2 is 1.79 bits per heavy atom. The zero-order valence-corrected chi connectivity index (χ0v) is 8.41. The summed E-state index contributed by atoms with van der Waals surface area (Å²) in [6, 6.07) is 0. The van der Waals surface area contributed by atoms with Crippen LogP contribution in [0.5, 0.6) is 11.6 Å². The molecule has 3 nitrogen and oxygen atoms in total. The Balaban J connectivity index is 3.73. The molecule has 0 atom stereocenters. The van der Waals surface area contributed by atoms with Gasteiger partial charge in [-0.3, -0.25) is 0 Å². The number of hydrogen-bond acceptors (Lipinski definition) is 2. The highest BCUT2D eigenvalue weighted by Crippen LogP contribution is 2.29. The molecule has 0 unspecified atom stereocenters. The van der Waals surface area contributed by atoms with E-state index in [0.717, 1.165) is 11.3 Å². The van der Waals surface area contributed by atoms with Crippen molar-refractivity contribution in [2.45, 2.75) is 6.92 Å². The van der Waals surface area contributed by atoms with Gasteiger partial charge in [0.2, 0.25) is 11.4 Å². The van der Waals surface area contributed by atoms with E-state index in [2.05, 4.69) is 13.2 Å². The lowest BCUT2D eigenvalue weighted by Gasteiger charge is -2.07. The van der Waals surface area contributed by atoms with Crippen LogP contribution in [0.1, 0.15) is 16.8 Å². The number of pyridine rings is 1. The van der Waals surface area contributed by atoms with Crippen LogP contribution in [0.25, 0.3) is 12.2 Å². The highest BCUT2D eigenvalue weighted by molar-refractivity contribution is 5.64. The van der Waals surface area contributed by atoms with Gasteiger partial charge in [0.25, 0.3) is 0 Å². The topological polar surface area (TPSA) is 44.3 Å². The third kappa shape index (κ3) is 1.27. The first-order valence-electron chi connectivity index (χ1n) is 4.24. The summed E-state index contributed by atoms with van der Waals surface area (Å²) in [4.78, 5) is 0. The SMILES string of the molecule is C=Cc1c(C)c(O)c(O)[n+](C)c1C=C. The first kappa shape index (κ1) is 10.3. The van der Waals surface area contributed by atoms with Crippen molar-refractivity contribution < 1.29 is 14.8 Å². The molecule has 1 aromatic heterocycles. The summed E-state index contributed by atoms with van der Waals surface area (Å²) in [6.45, 7) is 9.03. The van der Waals surface area contributed by atoms with Crippen molar-refractivity contribution in [1.82, 2.24) is 0 Å². The van der Waals surface area contributed by atoms with Crippen molar-refractivity contribution in [1.29, 1.82) is 0 Å². The summed E-state index contributed by atoms with van der Waals surface area (Å²) in [5, 5.41) is 19.1. The number of hydrogen-bond donors (Lipinski definition) is 2. The van der Waals surface area contributed by atoms with Gasteiger partial charge in [-0.05, 0) is 6.92 Å². The quantitative estimate of drug-likeness (QED) is 0.698. The van der Waals surface area contributed by atoms with Crippen LogP contribution in [0.15, 0.2) is 13.2 Å². The summed E-state index contributed by atoms with van der Waals surface area (Å²) < 4.78 is 1.46. The van der Waals surface area contributed by atoms with Crippen LogP contribution in [-0.4, -0.2) is 10.2 Å². The second-order valence-electron chi connectivity index (χ2n) is 3.06. The van der Waals surface area contributed by atoms with Crippen LogP contribution in [0.2, 0.25) is 0 Å². The maximum Gasteiger partial charge on any atom is 0.409 e. The fourth-order valence-electron chi connectivity index (χ4n) is 1.45. The molecule has 0 saturated heterocycles. The van der Waals surface area contributed by atoms with Gasteiger partial charge < -0.3 is 10.2 Å². The van der Waals surface area contributed by atoms with Crippen molar-refractivity contribution in [3.05, 3.63) is 30.0 Å². The Hall–Kier alpha value is -1.77. The van der Waals surface area contributed by atoms with Crippen LogP contribution < -0.4 is 4.57 Å². The minimum Gasteiger partial charge on any atom is -0.500 e. The molecular formula is C11H14NO2+. The molecule has 2 N–H and O–H groups in total. The molecule has 0 amide bonds. The summed E-state index contributed by atoms with van der Waals surface area (Å²) in [5.74, 6) is -0.281. The van der Waals surface area contributed by atoms with Gasteiger partial charge in [-0.1, -0.05) is 19.2 Å². The average molecular weight is 192 g/mol. The van der Waals surface area contributed by atoms with E-state index in [1.165, 1.54) is 4.57 Å². The Morgan fingerprint density at radius 1 is 1.21 bits per heavy atom. The van der Waals surface area contributed by atoms with Crippen LogP contribution >= 0.6 is 0 Å². The third-order valence-corrected chi connectivity index (χ3v) is 2.32. The van der Waals surface area contributed by atoms with Crippen LogP contribution in [0.3, 0.4) is 0 Å². The predicted molar refractivity (Wildman–Crippen MR) is 55.9 cm³/mol. The van der Waals surface area contributed by atoms with E-state index < -0.39 is 0 Å². The molecular weight excluding hydrogens is 178 g/mol.